The molecule has 0 N–H and O–H groups in total. The van der Waals surface area contributed by atoms with Crippen LogP contribution in [-0.2, 0) is 0 Å². The molecule has 0 fully saturated rings. The molecular formula is C22H24O. The molecule has 1 nitrogen and oxygen atoms in total. The van der Waals surface area contributed by atoms with E-state index in [0.29, 0.717) is 5.92 Å². The number of aryl methyl sites for hydroxylation is 1. The molecule has 0 saturated carbocycles. The monoisotopic (exact) mass is 304 g/mol. The SMILES string of the molecule is COc1ccc(C(C)c2ccccc2)cc1.Cc1ccccc1. The van der Waals surface area contributed by atoms with Gasteiger partial charge < -0.3 is 4.74 Å². The highest BCUT2D eigenvalue weighted by Gasteiger charge is 2.07. The molecule has 0 spiro atoms. The van der Waals surface area contributed by atoms with Gasteiger partial charge in [0, 0.05) is 5.92 Å². The van der Waals surface area contributed by atoms with E-state index in [-0.39, 0.29) is 0 Å². The maximum absolute atomic E-state index is 5.15. The van der Waals surface area contributed by atoms with Gasteiger partial charge in [-0.1, -0.05) is 85.3 Å². The van der Waals surface area contributed by atoms with E-state index >= 15 is 0 Å². The van der Waals surface area contributed by atoms with Crippen molar-refractivity contribution in [1.29, 1.82) is 0 Å². The van der Waals surface area contributed by atoms with Gasteiger partial charge in [-0.2, -0.15) is 0 Å². The molecule has 1 atom stereocenters. The highest BCUT2D eigenvalue weighted by molar-refractivity contribution is 5.35. The van der Waals surface area contributed by atoms with Crippen molar-refractivity contribution in [2.24, 2.45) is 0 Å². The minimum absolute atomic E-state index is 0.423. The first-order valence-electron chi connectivity index (χ1n) is 7.91. The summed E-state index contributed by atoms with van der Waals surface area (Å²) in [5, 5.41) is 0. The molecular weight excluding hydrogens is 280 g/mol. The highest BCUT2D eigenvalue weighted by Crippen LogP contribution is 2.25. The molecule has 1 unspecified atom stereocenters. The fourth-order valence-corrected chi connectivity index (χ4v) is 2.36. The average Bonchev–Trinajstić information content (AvgIpc) is 2.63. The molecule has 0 bridgehead atoms. The zero-order valence-electron chi connectivity index (χ0n) is 14.1. The third kappa shape index (κ3) is 5.30. The Morgan fingerprint density at radius 1 is 0.652 bits per heavy atom. The van der Waals surface area contributed by atoms with Gasteiger partial charge in [-0.05, 0) is 30.2 Å². The quantitative estimate of drug-likeness (QED) is 0.590. The summed E-state index contributed by atoms with van der Waals surface area (Å²) in [5.41, 5.74) is 3.97. The van der Waals surface area contributed by atoms with E-state index < -0.39 is 0 Å². The summed E-state index contributed by atoms with van der Waals surface area (Å²) in [6, 6.07) is 29.0. The molecule has 3 aromatic rings. The maximum atomic E-state index is 5.15. The molecule has 0 saturated heterocycles. The Bertz CT molecular complexity index is 672. The van der Waals surface area contributed by atoms with Crippen molar-refractivity contribution < 1.29 is 4.74 Å². The number of benzene rings is 3. The summed E-state index contributed by atoms with van der Waals surface area (Å²) in [7, 11) is 1.69. The van der Waals surface area contributed by atoms with Crippen LogP contribution >= 0.6 is 0 Å². The summed E-state index contributed by atoms with van der Waals surface area (Å²) in [6.07, 6.45) is 0. The summed E-state index contributed by atoms with van der Waals surface area (Å²) in [4.78, 5) is 0. The van der Waals surface area contributed by atoms with Crippen LogP contribution in [-0.4, -0.2) is 7.11 Å². The Hall–Kier alpha value is -2.54. The van der Waals surface area contributed by atoms with Gasteiger partial charge in [-0.25, -0.2) is 0 Å². The number of methoxy groups -OCH3 is 1. The molecule has 0 radical (unpaired) electrons. The second kappa shape index (κ2) is 8.79. The number of hydrogen-bond donors (Lipinski definition) is 0. The molecule has 1 heteroatoms. The van der Waals surface area contributed by atoms with Crippen molar-refractivity contribution in [3.63, 3.8) is 0 Å². The molecule has 0 aromatic heterocycles. The van der Waals surface area contributed by atoms with E-state index in [1.165, 1.54) is 16.7 Å². The van der Waals surface area contributed by atoms with Crippen LogP contribution in [0.5, 0.6) is 5.75 Å². The van der Waals surface area contributed by atoms with Crippen LogP contribution in [0.25, 0.3) is 0 Å². The lowest BCUT2D eigenvalue weighted by atomic mass is 9.93. The molecule has 0 heterocycles. The normalized spacial score (nSPS) is 11.1. The Kier molecular flexibility index (Phi) is 6.43. The van der Waals surface area contributed by atoms with Crippen molar-refractivity contribution in [2.75, 3.05) is 7.11 Å². The predicted octanol–water partition coefficient (Wildman–Crippen LogP) is 5.84. The number of rotatable bonds is 3. The molecule has 0 amide bonds. The van der Waals surface area contributed by atoms with E-state index in [9.17, 15) is 0 Å². The standard InChI is InChI=1S/C15H16O.C7H8/c1-12(13-6-4-3-5-7-13)14-8-10-15(16-2)11-9-14;1-7-5-3-2-4-6-7/h3-12H,1-2H3;2-6H,1H3. The van der Waals surface area contributed by atoms with Gasteiger partial charge in [0.1, 0.15) is 5.75 Å². The fourth-order valence-electron chi connectivity index (χ4n) is 2.36. The number of ether oxygens (including phenoxy) is 1. The van der Waals surface area contributed by atoms with Crippen LogP contribution in [0, 0.1) is 6.92 Å². The van der Waals surface area contributed by atoms with E-state index in [2.05, 4.69) is 62.4 Å². The van der Waals surface area contributed by atoms with Crippen LogP contribution < -0.4 is 4.74 Å². The molecule has 0 aliphatic heterocycles. The van der Waals surface area contributed by atoms with Gasteiger partial charge >= 0.3 is 0 Å². The first kappa shape index (κ1) is 16.8. The Morgan fingerprint density at radius 2 is 1.13 bits per heavy atom. The Morgan fingerprint density at radius 3 is 1.57 bits per heavy atom. The third-order valence-corrected chi connectivity index (χ3v) is 3.86. The van der Waals surface area contributed by atoms with Crippen molar-refractivity contribution in [3.8, 4) is 5.75 Å². The average molecular weight is 304 g/mol. The van der Waals surface area contributed by atoms with Crippen molar-refractivity contribution in [2.45, 2.75) is 19.8 Å². The van der Waals surface area contributed by atoms with Gasteiger partial charge in [0.2, 0.25) is 0 Å². The van der Waals surface area contributed by atoms with Crippen LogP contribution in [0.4, 0.5) is 0 Å². The van der Waals surface area contributed by atoms with Gasteiger partial charge in [-0.15, -0.1) is 0 Å². The Balaban J connectivity index is 0.000000229. The zero-order chi connectivity index (χ0) is 16.5. The minimum atomic E-state index is 0.423. The molecule has 118 valence electrons. The second-order valence-electron chi connectivity index (χ2n) is 5.56. The van der Waals surface area contributed by atoms with Crippen LogP contribution in [0.1, 0.15) is 29.5 Å². The van der Waals surface area contributed by atoms with Gasteiger partial charge in [-0.3, -0.25) is 0 Å². The van der Waals surface area contributed by atoms with Crippen LogP contribution in [0.15, 0.2) is 84.9 Å². The summed E-state index contributed by atoms with van der Waals surface area (Å²) < 4.78 is 5.15. The second-order valence-corrected chi connectivity index (χ2v) is 5.56. The van der Waals surface area contributed by atoms with Crippen molar-refractivity contribution in [3.05, 3.63) is 102 Å². The summed E-state index contributed by atoms with van der Waals surface area (Å²) >= 11 is 0. The molecule has 0 aliphatic carbocycles. The summed E-state index contributed by atoms with van der Waals surface area (Å²) in [6.45, 7) is 4.30. The third-order valence-electron chi connectivity index (χ3n) is 3.86. The Labute approximate surface area is 139 Å². The maximum Gasteiger partial charge on any atom is 0.118 e. The first-order valence-corrected chi connectivity index (χ1v) is 7.91. The van der Waals surface area contributed by atoms with Gasteiger partial charge in [0.25, 0.3) is 0 Å². The predicted molar refractivity (Wildman–Crippen MR) is 98.1 cm³/mol. The molecule has 0 aliphatic rings. The van der Waals surface area contributed by atoms with E-state index in [0.717, 1.165) is 5.75 Å². The topological polar surface area (TPSA) is 9.23 Å². The van der Waals surface area contributed by atoms with E-state index in [1.807, 2.05) is 36.4 Å². The number of hydrogen-bond acceptors (Lipinski definition) is 1. The van der Waals surface area contributed by atoms with E-state index in [1.54, 1.807) is 7.11 Å². The van der Waals surface area contributed by atoms with Crippen molar-refractivity contribution >= 4 is 0 Å². The van der Waals surface area contributed by atoms with Gasteiger partial charge in [0.05, 0.1) is 7.11 Å². The molecule has 3 aromatic carbocycles. The van der Waals surface area contributed by atoms with Crippen LogP contribution in [0.2, 0.25) is 0 Å². The summed E-state index contributed by atoms with van der Waals surface area (Å²) in [5.74, 6) is 1.33. The minimum Gasteiger partial charge on any atom is -0.497 e. The first-order chi connectivity index (χ1) is 11.2. The lowest BCUT2D eigenvalue weighted by molar-refractivity contribution is 0.414. The van der Waals surface area contributed by atoms with Crippen LogP contribution in [0.3, 0.4) is 0 Å². The fraction of sp³-hybridized carbons (Fsp3) is 0.182. The largest absolute Gasteiger partial charge is 0.497 e. The molecule has 3 rings (SSSR count). The smallest absolute Gasteiger partial charge is 0.118 e. The lowest BCUT2D eigenvalue weighted by Crippen LogP contribution is -1.95. The van der Waals surface area contributed by atoms with Crippen molar-refractivity contribution in [1.82, 2.24) is 0 Å². The zero-order valence-corrected chi connectivity index (χ0v) is 14.1. The highest BCUT2D eigenvalue weighted by atomic mass is 16.5. The van der Waals surface area contributed by atoms with E-state index in [4.69, 9.17) is 4.74 Å². The van der Waals surface area contributed by atoms with Gasteiger partial charge in [0.15, 0.2) is 0 Å². The lowest BCUT2D eigenvalue weighted by Gasteiger charge is -2.12. The molecule has 23 heavy (non-hydrogen) atoms.